The molecule has 4 heteroatoms. The number of rotatable bonds is 8. The first kappa shape index (κ1) is 26.9. The number of ether oxygens (including phenoxy) is 1. The molecule has 34 heavy (non-hydrogen) atoms. The van der Waals surface area contributed by atoms with Gasteiger partial charge in [-0.15, -0.1) is 0 Å². The second kappa shape index (κ2) is 10.5. The molecule has 0 aliphatic rings. The van der Waals surface area contributed by atoms with Gasteiger partial charge in [0, 0.05) is 0 Å². The Bertz CT molecular complexity index is 1050. The van der Waals surface area contributed by atoms with E-state index in [0.29, 0.717) is 6.61 Å². The van der Waals surface area contributed by atoms with E-state index in [1.54, 1.807) is 0 Å². The molecule has 0 aliphatic carbocycles. The van der Waals surface area contributed by atoms with Gasteiger partial charge in [0.05, 0.1) is 0 Å². The molecular formula is C30H38IO2P. The van der Waals surface area contributed by atoms with E-state index in [1.165, 1.54) is 32.6 Å². The summed E-state index contributed by atoms with van der Waals surface area (Å²) in [5.41, 5.74) is 3.53. The predicted octanol–water partition coefficient (Wildman–Crippen LogP) is 7.16. The Hall–Kier alpha value is -1.71. The van der Waals surface area contributed by atoms with Crippen molar-refractivity contribution < 1.29 is 9.53 Å². The summed E-state index contributed by atoms with van der Waals surface area (Å²) in [7, 11) is 0. The second-order valence-electron chi connectivity index (χ2n) is 10.4. The van der Waals surface area contributed by atoms with Crippen LogP contribution in [0.3, 0.4) is 0 Å². The third-order valence-corrected chi connectivity index (χ3v) is 18.5. The van der Waals surface area contributed by atoms with Crippen LogP contribution in [0.25, 0.3) is 0 Å². The zero-order valence-electron chi connectivity index (χ0n) is 21.4. The van der Waals surface area contributed by atoms with Crippen LogP contribution >= 0.6 is 26.3 Å². The minimum atomic E-state index is -2.86. The number of unbranched alkanes of at least 4 members (excludes halogenated alkanes) is 1. The van der Waals surface area contributed by atoms with Crippen LogP contribution in [0.15, 0.2) is 72.8 Å². The number of carbonyl (C=O) groups excluding carboxylic acids is 1. The van der Waals surface area contributed by atoms with Crippen LogP contribution in [-0.2, 0) is 9.53 Å². The molecule has 0 bridgehead atoms. The summed E-state index contributed by atoms with van der Waals surface area (Å²) in [6.07, 6.45) is 2.86. The molecule has 0 radical (unpaired) electrons. The molecule has 0 amide bonds. The van der Waals surface area contributed by atoms with Gasteiger partial charge >= 0.3 is 220 Å². The molecule has 0 saturated heterocycles. The fourth-order valence-electron chi connectivity index (χ4n) is 4.90. The molecule has 182 valence electrons. The van der Waals surface area contributed by atoms with Crippen LogP contribution in [-0.4, -0.2) is 18.7 Å². The van der Waals surface area contributed by atoms with E-state index in [1.807, 2.05) is 20.8 Å². The van der Waals surface area contributed by atoms with Gasteiger partial charge in [-0.2, -0.15) is 0 Å². The molecule has 0 atom stereocenters. The van der Waals surface area contributed by atoms with E-state index >= 15 is 0 Å². The SMILES string of the molecule is Cc1ccccc1P(I)(CCCCOC(=O)C(C)(C)C)(c1ccccc1C)c1ccccc1C. The zero-order chi connectivity index (χ0) is 25.0. The van der Waals surface area contributed by atoms with Crippen molar-refractivity contribution in [3.05, 3.63) is 89.5 Å². The third-order valence-electron chi connectivity index (χ3n) is 6.67. The Labute approximate surface area is 218 Å². The molecular weight excluding hydrogens is 550 g/mol. The summed E-state index contributed by atoms with van der Waals surface area (Å²) in [6, 6.07) is 26.7. The second-order valence-corrected chi connectivity index (χ2v) is 21.0. The fourth-order valence-corrected chi connectivity index (χ4v) is 16.7. The molecule has 3 aromatic carbocycles. The van der Waals surface area contributed by atoms with Crippen molar-refractivity contribution in [1.82, 2.24) is 0 Å². The van der Waals surface area contributed by atoms with Gasteiger partial charge in [-0.3, -0.25) is 0 Å². The van der Waals surface area contributed by atoms with Crippen LogP contribution in [0.2, 0.25) is 0 Å². The van der Waals surface area contributed by atoms with Crippen LogP contribution in [0, 0.1) is 26.2 Å². The molecule has 0 aromatic heterocycles. The Morgan fingerprint density at radius 1 is 0.735 bits per heavy atom. The summed E-state index contributed by atoms with van der Waals surface area (Å²) in [5.74, 6) is -0.129. The van der Waals surface area contributed by atoms with Crippen molar-refractivity contribution in [3.8, 4) is 0 Å². The van der Waals surface area contributed by atoms with Crippen molar-refractivity contribution in [2.24, 2.45) is 5.41 Å². The van der Waals surface area contributed by atoms with Crippen LogP contribution < -0.4 is 15.9 Å². The monoisotopic (exact) mass is 588 g/mol. The maximum atomic E-state index is 12.3. The maximum absolute atomic E-state index is 12.3. The average Bonchev–Trinajstić information content (AvgIpc) is 2.79. The third kappa shape index (κ3) is 5.11. The number of aryl methyl sites for hydroxylation is 3. The van der Waals surface area contributed by atoms with E-state index in [0.717, 1.165) is 19.0 Å². The van der Waals surface area contributed by atoms with Gasteiger partial charge in [0.1, 0.15) is 0 Å². The van der Waals surface area contributed by atoms with Gasteiger partial charge in [-0.25, -0.2) is 0 Å². The number of esters is 1. The number of benzene rings is 3. The average molecular weight is 589 g/mol. The molecule has 0 saturated carbocycles. The Morgan fingerprint density at radius 3 is 1.47 bits per heavy atom. The minimum absolute atomic E-state index is 0.129. The van der Waals surface area contributed by atoms with E-state index in [4.69, 9.17) is 4.74 Å². The van der Waals surface area contributed by atoms with Crippen molar-refractivity contribution >= 4 is 48.2 Å². The predicted molar refractivity (Wildman–Crippen MR) is 158 cm³/mol. The zero-order valence-corrected chi connectivity index (χ0v) is 24.5. The van der Waals surface area contributed by atoms with Crippen molar-refractivity contribution in [3.63, 3.8) is 0 Å². The van der Waals surface area contributed by atoms with Crippen LogP contribution in [0.1, 0.15) is 50.3 Å². The van der Waals surface area contributed by atoms with E-state index in [2.05, 4.69) is 116 Å². The number of hydrogen-bond acceptors (Lipinski definition) is 2. The number of carbonyl (C=O) groups is 1. The molecule has 0 fully saturated rings. The normalized spacial score (nSPS) is 13.2. The number of halogens is 1. The quantitative estimate of drug-likeness (QED) is 0.121. The number of hydrogen-bond donors (Lipinski definition) is 0. The molecule has 0 N–H and O–H groups in total. The fraction of sp³-hybridized carbons (Fsp3) is 0.367. The van der Waals surface area contributed by atoms with Gasteiger partial charge < -0.3 is 0 Å². The van der Waals surface area contributed by atoms with Crippen molar-refractivity contribution in [2.45, 2.75) is 54.4 Å². The van der Waals surface area contributed by atoms with Crippen LogP contribution in [0.5, 0.6) is 0 Å². The van der Waals surface area contributed by atoms with E-state index in [9.17, 15) is 4.79 Å². The first-order valence-corrected chi connectivity index (χ1v) is 17.3. The Kier molecular flexibility index (Phi) is 8.30. The van der Waals surface area contributed by atoms with Crippen LogP contribution in [0.4, 0.5) is 0 Å². The van der Waals surface area contributed by atoms with Gasteiger partial charge in [-0.1, -0.05) is 0 Å². The molecule has 2 nitrogen and oxygen atoms in total. The van der Waals surface area contributed by atoms with E-state index in [-0.39, 0.29) is 5.97 Å². The van der Waals surface area contributed by atoms with E-state index < -0.39 is 9.66 Å². The summed E-state index contributed by atoms with van der Waals surface area (Å²) in [4.78, 5) is 12.3. The Balaban J connectivity index is 2.15. The first-order chi connectivity index (χ1) is 16.0. The molecule has 0 heterocycles. The first-order valence-electron chi connectivity index (χ1n) is 12.1. The molecule has 3 rings (SSSR count). The standard InChI is InChI=1S/C30H38IO2P/c1-23-15-7-10-18-26(23)34(31,27-19-11-8-16-24(27)2,28-20-12-9-17-25(28)3)22-14-13-21-33-29(32)30(4,5)6/h7-12,15-20H,13-14,21-22H2,1-6H3. The summed E-state index contributed by atoms with van der Waals surface area (Å²) in [6.45, 7) is 12.9. The van der Waals surface area contributed by atoms with Crippen molar-refractivity contribution in [1.29, 1.82) is 0 Å². The Morgan fingerprint density at radius 2 is 1.12 bits per heavy atom. The molecule has 3 aromatic rings. The topological polar surface area (TPSA) is 26.3 Å². The summed E-state index contributed by atoms with van der Waals surface area (Å²) in [5, 5.41) is 4.35. The van der Waals surface area contributed by atoms with Gasteiger partial charge in [0.25, 0.3) is 0 Å². The summed E-state index contributed by atoms with van der Waals surface area (Å²) < 4.78 is 2.75. The van der Waals surface area contributed by atoms with Gasteiger partial charge in [-0.05, 0) is 0 Å². The summed E-state index contributed by atoms with van der Waals surface area (Å²) >= 11 is 2.88. The van der Waals surface area contributed by atoms with Gasteiger partial charge in [0.2, 0.25) is 0 Å². The molecule has 0 aliphatic heterocycles. The molecule has 0 spiro atoms. The van der Waals surface area contributed by atoms with Gasteiger partial charge in [0.15, 0.2) is 0 Å². The van der Waals surface area contributed by atoms with Crippen molar-refractivity contribution in [2.75, 3.05) is 12.8 Å². The molecule has 0 unspecified atom stereocenters.